The Morgan fingerprint density at radius 2 is 2.08 bits per heavy atom. The maximum Gasteiger partial charge on any atom is 0.195 e. The average Bonchev–Trinajstić information content (AvgIpc) is 2.65. The van der Waals surface area contributed by atoms with E-state index in [9.17, 15) is 9.90 Å². The normalized spacial score (nSPS) is 28.1. The topological polar surface area (TPSA) is 50.2 Å². The minimum Gasteiger partial charge on any atom is -0.387 e. The molecule has 2 aliphatic carbocycles. The van der Waals surface area contributed by atoms with Gasteiger partial charge in [0.2, 0.25) is 0 Å². The minimum absolute atomic E-state index is 0.0278. The van der Waals surface area contributed by atoms with Gasteiger partial charge in [0, 0.05) is 18.2 Å². The number of nitrogens with zero attached hydrogens (tertiary/aromatic N) is 1. The molecule has 2 aliphatic rings. The average molecular weight is 339 g/mol. The van der Waals surface area contributed by atoms with Crippen LogP contribution >= 0.6 is 0 Å². The van der Waals surface area contributed by atoms with Crippen LogP contribution in [0.25, 0.3) is 0 Å². The van der Waals surface area contributed by atoms with E-state index >= 15 is 4.39 Å². The number of hydrogen-bond acceptors (Lipinski definition) is 3. The number of carbonyl (C=O) groups is 1. The summed E-state index contributed by atoms with van der Waals surface area (Å²) < 4.78 is 15.8. The molecule has 3 nitrogen and oxygen atoms in total. The highest BCUT2D eigenvalue weighted by molar-refractivity contribution is 5.89. The zero-order valence-corrected chi connectivity index (χ0v) is 14.1. The van der Waals surface area contributed by atoms with Gasteiger partial charge in [-0.3, -0.25) is 9.78 Å². The first kappa shape index (κ1) is 16.4. The quantitative estimate of drug-likeness (QED) is 0.914. The number of ketones is 1. The molecule has 0 fully saturated rings. The molecule has 0 unspecified atom stereocenters. The fourth-order valence-electron chi connectivity index (χ4n) is 4.37. The van der Waals surface area contributed by atoms with Crippen molar-refractivity contribution in [3.8, 4) is 0 Å². The lowest BCUT2D eigenvalue weighted by Crippen LogP contribution is -2.37. The molecular weight excluding hydrogens is 317 g/mol. The lowest BCUT2D eigenvalue weighted by atomic mass is 9.73. The zero-order chi connectivity index (χ0) is 17.4. The summed E-state index contributed by atoms with van der Waals surface area (Å²) in [5.74, 6) is -0.299. The third-order valence-corrected chi connectivity index (χ3v) is 5.71. The Morgan fingerprint density at radius 1 is 1.24 bits per heavy atom. The molecule has 4 rings (SSSR count). The third kappa shape index (κ3) is 2.78. The van der Waals surface area contributed by atoms with Crippen molar-refractivity contribution in [2.75, 3.05) is 0 Å². The van der Waals surface area contributed by atoms with Crippen LogP contribution in [0.15, 0.2) is 42.6 Å². The number of alkyl halides is 1. The van der Waals surface area contributed by atoms with E-state index in [1.54, 1.807) is 12.1 Å². The van der Waals surface area contributed by atoms with Gasteiger partial charge in [0.15, 0.2) is 11.5 Å². The molecule has 3 atom stereocenters. The van der Waals surface area contributed by atoms with E-state index in [1.807, 2.05) is 12.1 Å². The zero-order valence-electron chi connectivity index (χ0n) is 14.1. The molecule has 0 amide bonds. The van der Waals surface area contributed by atoms with Crippen LogP contribution in [0.3, 0.4) is 0 Å². The molecule has 1 aromatic heterocycles. The predicted octanol–water partition coefficient (Wildman–Crippen LogP) is 4.15. The Hall–Kier alpha value is -2.07. The SMILES string of the molecule is O=C(C[C@@H]1CCCc2ccccc21)[C@]1(F)CC[C@H](O)c2ncccc21. The maximum atomic E-state index is 15.8. The Balaban J connectivity index is 1.63. The molecule has 0 saturated heterocycles. The van der Waals surface area contributed by atoms with Gasteiger partial charge in [-0.1, -0.05) is 30.3 Å². The molecule has 25 heavy (non-hydrogen) atoms. The van der Waals surface area contributed by atoms with E-state index in [-0.39, 0.29) is 36.5 Å². The number of carbonyl (C=O) groups excluding carboxylic acids is 1. The number of hydrogen-bond donors (Lipinski definition) is 1. The Bertz CT molecular complexity index is 806. The summed E-state index contributed by atoms with van der Waals surface area (Å²) in [5, 5.41) is 10.1. The first-order valence-electron chi connectivity index (χ1n) is 9.03. The van der Waals surface area contributed by atoms with Crippen LogP contribution in [0, 0.1) is 0 Å². The summed E-state index contributed by atoms with van der Waals surface area (Å²) in [6.07, 6.45) is 4.19. The van der Waals surface area contributed by atoms with Gasteiger partial charge in [-0.2, -0.15) is 0 Å². The summed E-state index contributed by atoms with van der Waals surface area (Å²) in [6, 6.07) is 11.4. The largest absolute Gasteiger partial charge is 0.387 e. The Morgan fingerprint density at radius 3 is 2.96 bits per heavy atom. The number of aliphatic hydroxyl groups excluding tert-OH is 1. The predicted molar refractivity (Wildman–Crippen MR) is 93.0 cm³/mol. The third-order valence-electron chi connectivity index (χ3n) is 5.71. The summed E-state index contributed by atoms with van der Waals surface area (Å²) in [6.45, 7) is 0. The number of aryl methyl sites for hydroxylation is 1. The van der Waals surface area contributed by atoms with E-state index < -0.39 is 11.8 Å². The molecule has 0 aliphatic heterocycles. The number of aliphatic hydroxyl groups is 1. The molecule has 130 valence electrons. The highest BCUT2D eigenvalue weighted by Crippen LogP contribution is 2.45. The molecule has 1 aromatic carbocycles. The van der Waals surface area contributed by atoms with E-state index in [0.29, 0.717) is 5.69 Å². The smallest absolute Gasteiger partial charge is 0.195 e. The van der Waals surface area contributed by atoms with Crippen molar-refractivity contribution in [1.29, 1.82) is 0 Å². The van der Waals surface area contributed by atoms with E-state index in [4.69, 9.17) is 0 Å². The van der Waals surface area contributed by atoms with Gasteiger partial charge in [-0.15, -0.1) is 0 Å². The van der Waals surface area contributed by atoms with E-state index in [1.165, 1.54) is 17.3 Å². The molecular formula is C21H22FNO2. The van der Waals surface area contributed by atoms with Gasteiger partial charge in [-0.25, -0.2) is 4.39 Å². The highest BCUT2D eigenvalue weighted by Gasteiger charge is 2.46. The molecule has 0 radical (unpaired) electrons. The van der Waals surface area contributed by atoms with E-state index in [0.717, 1.165) is 19.3 Å². The van der Waals surface area contributed by atoms with Crippen LogP contribution in [0.5, 0.6) is 0 Å². The van der Waals surface area contributed by atoms with Crippen molar-refractivity contribution >= 4 is 5.78 Å². The second-order valence-corrected chi connectivity index (χ2v) is 7.21. The van der Waals surface area contributed by atoms with Crippen LogP contribution < -0.4 is 0 Å². The number of Topliss-reactive ketones (excluding diaryl/α,β-unsaturated/α-hetero) is 1. The lowest BCUT2D eigenvalue weighted by Gasteiger charge is -2.34. The van der Waals surface area contributed by atoms with Crippen LogP contribution in [0.4, 0.5) is 4.39 Å². The van der Waals surface area contributed by atoms with Gasteiger partial charge in [0.25, 0.3) is 0 Å². The van der Waals surface area contributed by atoms with Gasteiger partial charge < -0.3 is 5.11 Å². The fourth-order valence-corrected chi connectivity index (χ4v) is 4.37. The Labute approximate surface area is 146 Å². The van der Waals surface area contributed by atoms with Gasteiger partial charge in [0.1, 0.15) is 0 Å². The van der Waals surface area contributed by atoms with Crippen LogP contribution in [-0.2, 0) is 16.9 Å². The van der Waals surface area contributed by atoms with Crippen molar-refractivity contribution in [3.63, 3.8) is 0 Å². The highest BCUT2D eigenvalue weighted by atomic mass is 19.1. The van der Waals surface area contributed by atoms with Crippen molar-refractivity contribution in [3.05, 3.63) is 65.0 Å². The minimum atomic E-state index is -2.03. The molecule has 0 spiro atoms. The van der Waals surface area contributed by atoms with Crippen LogP contribution in [0.2, 0.25) is 0 Å². The van der Waals surface area contributed by atoms with Crippen LogP contribution in [0.1, 0.15) is 66.5 Å². The number of fused-ring (bicyclic) bond motifs is 2. The molecule has 0 saturated carbocycles. The number of rotatable bonds is 3. The molecule has 1 heterocycles. The lowest BCUT2D eigenvalue weighted by molar-refractivity contribution is -0.133. The van der Waals surface area contributed by atoms with Gasteiger partial charge in [-0.05, 0) is 55.2 Å². The van der Waals surface area contributed by atoms with Gasteiger partial charge >= 0.3 is 0 Å². The molecule has 0 bridgehead atoms. The first-order valence-corrected chi connectivity index (χ1v) is 9.03. The molecule has 4 heteroatoms. The summed E-state index contributed by atoms with van der Waals surface area (Å²) in [7, 11) is 0. The molecule has 2 aromatic rings. The second-order valence-electron chi connectivity index (χ2n) is 7.21. The van der Waals surface area contributed by atoms with E-state index in [2.05, 4.69) is 17.1 Å². The maximum absolute atomic E-state index is 15.8. The standard InChI is InChI=1S/C21H22FNO2/c22-21(11-10-18(24)20-17(21)9-4-12-23-20)19(25)13-15-7-3-6-14-5-1-2-8-16(14)15/h1-2,4-5,8-9,12,15,18,24H,3,6-7,10-11,13H2/t15-,18-,21-/m0/s1. The van der Waals surface area contributed by atoms with Crippen molar-refractivity contribution in [1.82, 2.24) is 4.98 Å². The first-order chi connectivity index (χ1) is 12.1. The van der Waals surface area contributed by atoms with Crippen LogP contribution in [-0.4, -0.2) is 15.9 Å². The number of halogens is 1. The summed E-state index contributed by atoms with van der Waals surface area (Å²) >= 11 is 0. The Kier molecular flexibility index (Phi) is 4.16. The van der Waals surface area contributed by atoms with Crippen molar-refractivity contribution < 1.29 is 14.3 Å². The summed E-state index contributed by atoms with van der Waals surface area (Å²) in [5.41, 5.74) is 1.000. The van der Waals surface area contributed by atoms with Gasteiger partial charge in [0.05, 0.1) is 11.8 Å². The number of benzene rings is 1. The fraction of sp³-hybridized carbons (Fsp3) is 0.429. The van der Waals surface area contributed by atoms with Crippen molar-refractivity contribution in [2.24, 2.45) is 0 Å². The monoisotopic (exact) mass is 339 g/mol. The second kappa shape index (κ2) is 6.34. The summed E-state index contributed by atoms with van der Waals surface area (Å²) in [4.78, 5) is 17.1. The number of aromatic nitrogens is 1. The molecule has 1 N–H and O–H groups in total. The van der Waals surface area contributed by atoms with Crippen molar-refractivity contribution in [2.45, 2.75) is 56.2 Å². The number of pyridine rings is 1.